The Bertz CT molecular complexity index is 644. The van der Waals surface area contributed by atoms with Crippen LogP contribution in [0.2, 0.25) is 0 Å². The molecule has 7 nitrogen and oxygen atoms in total. The van der Waals surface area contributed by atoms with E-state index >= 15 is 0 Å². The van der Waals surface area contributed by atoms with Gasteiger partial charge in [0.15, 0.2) is 6.04 Å². The van der Waals surface area contributed by atoms with Crippen LogP contribution >= 0.6 is 0 Å². The number of ether oxygens (including phenoxy) is 1. The quantitative estimate of drug-likeness (QED) is 0.541. The van der Waals surface area contributed by atoms with Gasteiger partial charge < -0.3 is 20.1 Å². The zero-order chi connectivity index (χ0) is 17.5. The van der Waals surface area contributed by atoms with Gasteiger partial charge in [0.25, 0.3) is 0 Å². The predicted molar refractivity (Wildman–Crippen MR) is 87.7 cm³/mol. The number of nitrogens with zero attached hydrogens (tertiary/aromatic N) is 1. The van der Waals surface area contributed by atoms with Crippen LogP contribution in [0.4, 0.5) is 5.69 Å². The zero-order valence-electron chi connectivity index (χ0n) is 13.2. The lowest BCUT2D eigenvalue weighted by molar-refractivity contribution is -0.143. The normalized spacial score (nSPS) is 14.7. The van der Waals surface area contributed by atoms with Crippen LogP contribution in [0.25, 0.3) is 0 Å². The Labute approximate surface area is 139 Å². The van der Waals surface area contributed by atoms with E-state index in [0.29, 0.717) is 18.5 Å². The van der Waals surface area contributed by atoms with Crippen molar-refractivity contribution in [3.05, 3.63) is 42.5 Å². The molecule has 1 heterocycles. The predicted octanol–water partition coefficient (Wildman–Crippen LogP) is 0.738. The van der Waals surface area contributed by atoms with Gasteiger partial charge in [-0.25, -0.2) is 4.79 Å². The Morgan fingerprint density at radius 3 is 2.83 bits per heavy atom. The second kappa shape index (κ2) is 8.26. The van der Waals surface area contributed by atoms with Crippen LogP contribution in [0, 0.1) is 0 Å². The van der Waals surface area contributed by atoms with Gasteiger partial charge in [-0.2, -0.15) is 0 Å². The van der Waals surface area contributed by atoms with Crippen LogP contribution in [0.3, 0.4) is 0 Å². The standard InChI is InChI=1S/C17H20N2O5/c1-2-9-24-11-13(17(22)23)18-15(20)10-19-14-6-4-3-5-12(14)7-8-16(19)21/h2-6,13H,1,7-11H2,(H,18,20)(H,22,23). The Morgan fingerprint density at radius 2 is 2.12 bits per heavy atom. The van der Waals surface area contributed by atoms with E-state index in [1.54, 1.807) is 12.1 Å². The van der Waals surface area contributed by atoms with Gasteiger partial charge in [0.1, 0.15) is 6.54 Å². The molecule has 0 bridgehead atoms. The fourth-order valence-electron chi connectivity index (χ4n) is 2.50. The topological polar surface area (TPSA) is 95.9 Å². The number of benzene rings is 1. The minimum atomic E-state index is -1.20. The third-order valence-corrected chi connectivity index (χ3v) is 3.65. The molecule has 7 heteroatoms. The highest BCUT2D eigenvalue weighted by atomic mass is 16.5. The van der Waals surface area contributed by atoms with E-state index in [4.69, 9.17) is 9.84 Å². The molecule has 1 aliphatic heterocycles. The van der Waals surface area contributed by atoms with Crippen LogP contribution in [-0.2, 0) is 25.5 Å². The number of nitrogens with one attached hydrogen (secondary N) is 1. The van der Waals surface area contributed by atoms with Crippen molar-refractivity contribution in [3.63, 3.8) is 0 Å². The molecule has 0 saturated carbocycles. The number of hydrogen-bond acceptors (Lipinski definition) is 4. The number of amides is 2. The molecule has 2 amide bonds. The Kier molecular flexibility index (Phi) is 6.08. The molecule has 0 radical (unpaired) electrons. The van der Waals surface area contributed by atoms with E-state index in [1.807, 2.05) is 12.1 Å². The van der Waals surface area contributed by atoms with E-state index in [2.05, 4.69) is 11.9 Å². The van der Waals surface area contributed by atoms with E-state index in [9.17, 15) is 14.4 Å². The van der Waals surface area contributed by atoms with E-state index < -0.39 is 17.9 Å². The van der Waals surface area contributed by atoms with Crippen LogP contribution < -0.4 is 10.2 Å². The summed E-state index contributed by atoms with van der Waals surface area (Å²) in [5.41, 5.74) is 1.69. The number of rotatable bonds is 8. The highest BCUT2D eigenvalue weighted by molar-refractivity contribution is 6.01. The van der Waals surface area contributed by atoms with Gasteiger partial charge in [0.2, 0.25) is 11.8 Å². The average Bonchev–Trinajstić information content (AvgIpc) is 2.56. The van der Waals surface area contributed by atoms with Crippen molar-refractivity contribution in [1.29, 1.82) is 0 Å². The average molecular weight is 332 g/mol. The first-order valence-electron chi connectivity index (χ1n) is 7.62. The molecule has 0 spiro atoms. The maximum atomic E-state index is 12.2. The number of carboxylic acids is 1. The maximum absolute atomic E-state index is 12.2. The second-order valence-electron chi connectivity index (χ2n) is 5.39. The van der Waals surface area contributed by atoms with Crippen LogP contribution in [0.15, 0.2) is 36.9 Å². The monoisotopic (exact) mass is 332 g/mol. The molecule has 0 aromatic heterocycles. The summed E-state index contributed by atoms with van der Waals surface area (Å²) in [4.78, 5) is 36.9. The largest absolute Gasteiger partial charge is 0.480 e. The number of hydrogen-bond donors (Lipinski definition) is 2. The van der Waals surface area contributed by atoms with Crippen molar-refractivity contribution in [3.8, 4) is 0 Å². The molecular formula is C17H20N2O5. The smallest absolute Gasteiger partial charge is 0.328 e. The van der Waals surface area contributed by atoms with Crippen LogP contribution in [-0.4, -0.2) is 48.7 Å². The van der Waals surface area contributed by atoms with Crippen molar-refractivity contribution >= 4 is 23.5 Å². The van der Waals surface area contributed by atoms with Crippen molar-refractivity contribution in [2.24, 2.45) is 0 Å². The van der Waals surface area contributed by atoms with Gasteiger partial charge >= 0.3 is 5.97 Å². The van der Waals surface area contributed by atoms with Gasteiger partial charge in [-0.3, -0.25) is 9.59 Å². The Morgan fingerprint density at radius 1 is 1.38 bits per heavy atom. The number of anilines is 1. The van der Waals surface area contributed by atoms with E-state index in [0.717, 1.165) is 5.56 Å². The summed E-state index contributed by atoms with van der Waals surface area (Å²) in [5.74, 6) is -1.90. The molecule has 0 fully saturated rings. The molecule has 2 rings (SSSR count). The summed E-state index contributed by atoms with van der Waals surface area (Å²) in [6.07, 6.45) is 2.46. The second-order valence-corrected chi connectivity index (χ2v) is 5.39. The van der Waals surface area contributed by atoms with Gasteiger partial charge in [-0.1, -0.05) is 24.3 Å². The number of carbonyl (C=O) groups excluding carboxylic acids is 2. The SMILES string of the molecule is C=CCOCC(NC(=O)CN1C(=O)CCc2ccccc21)C(=O)O. The van der Waals surface area contributed by atoms with E-state index in [-0.39, 0.29) is 25.7 Å². The van der Waals surface area contributed by atoms with Crippen molar-refractivity contribution in [2.75, 3.05) is 24.7 Å². The molecule has 1 aromatic rings. The highest BCUT2D eigenvalue weighted by Gasteiger charge is 2.27. The fraction of sp³-hybridized carbons (Fsp3) is 0.353. The number of para-hydroxylation sites is 1. The molecular weight excluding hydrogens is 312 g/mol. The number of aryl methyl sites for hydroxylation is 1. The summed E-state index contributed by atoms with van der Waals surface area (Å²) in [7, 11) is 0. The van der Waals surface area contributed by atoms with Crippen molar-refractivity contribution in [1.82, 2.24) is 5.32 Å². The lowest BCUT2D eigenvalue weighted by Gasteiger charge is -2.29. The maximum Gasteiger partial charge on any atom is 0.328 e. The third-order valence-electron chi connectivity index (χ3n) is 3.65. The fourth-order valence-corrected chi connectivity index (χ4v) is 2.50. The third kappa shape index (κ3) is 4.42. The van der Waals surface area contributed by atoms with Gasteiger partial charge in [0, 0.05) is 12.1 Å². The summed E-state index contributed by atoms with van der Waals surface area (Å²) in [6.45, 7) is 3.27. The van der Waals surface area contributed by atoms with Crippen molar-refractivity contribution in [2.45, 2.75) is 18.9 Å². The number of aliphatic carboxylic acids is 1. The summed E-state index contributed by atoms with van der Waals surface area (Å²) in [6, 6.07) is 6.19. The molecule has 1 atom stereocenters. The molecule has 0 aliphatic carbocycles. The molecule has 0 saturated heterocycles. The van der Waals surface area contributed by atoms with Crippen molar-refractivity contribution < 1.29 is 24.2 Å². The molecule has 1 aliphatic rings. The highest BCUT2D eigenvalue weighted by Crippen LogP contribution is 2.27. The lowest BCUT2D eigenvalue weighted by atomic mass is 10.0. The minimum Gasteiger partial charge on any atom is -0.480 e. The molecule has 1 unspecified atom stereocenters. The number of carboxylic acid groups (broad SMARTS) is 1. The summed E-state index contributed by atoms with van der Waals surface area (Å²) in [5, 5.41) is 11.5. The van der Waals surface area contributed by atoms with Crippen LogP contribution in [0.1, 0.15) is 12.0 Å². The molecule has 128 valence electrons. The first kappa shape index (κ1) is 17.7. The summed E-state index contributed by atoms with van der Waals surface area (Å²) >= 11 is 0. The Balaban J connectivity index is 2.01. The molecule has 2 N–H and O–H groups in total. The van der Waals surface area contributed by atoms with Crippen LogP contribution in [0.5, 0.6) is 0 Å². The molecule has 24 heavy (non-hydrogen) atoms. The van der Waals surface area contributed by atoms with Gasteiger partial charge in [-0.15, -0.1) is 6.58 Å². The molecule has 1 aromatic carbocycles. The summed E-state index contributed by atoms with van der Waals surface area (Å²) < 4.78 is 5.08. The Hall–Kier alpha value is -2.67. The zero-order valence-corrected chi connectivity index (χ0v) is 13.2. The lowest BCUT2D eigenvalue weighted by Crippen LogP contribution is -2.49. The number of fused-ring (bicyclic) bond motifs is 1. The first-order chi connectivity index (χ1) is 11.5. The van der Waals surface area contributed by atoms with E-state index in [1.165, 1.54) is 11.0 Å². The van der Waals surface area contributed by atoms with Gasteiger partial charge in [0.05, 0.1) is 13.2 Å². The minimum absolute atomic E-state index is 0.154. The first-order valence-corrected chi connectivity index (χ1v) is 7.62. The van der Waals surface area contributed by atoms with Gasteiger partial charge in [-0.05, 0) is 18.1 Å². The number of carbonyl (C=O) groups is 3.